The van der Waals surface area contributed by atoms with E-state index in [1.54, 1.807) is 6.20 Å². The molecule has 3 aromatic rings. The Bertz CT molecular complexity index is 736. The van der Waals surface area contributed by atoms with Gasteiger partial charge in [-0.3, -0.25) is 0 Å². The van der Waals surface area contributed by atoms with Gasteiger partial charge in [-0.15, -0.1) is 0 Å². The van der Waals surface area contributed by atoms with E-state index in [2.05, 4.69) is 27.5 Å². The zero-order chi connectivity index (χ0) is 13.4. The second-order valence-corrected chi connectivity index (χ2v) is 4.50. The number of nitrogens with zero attached hydrogens (tertiary/aromatic N) is 2. The van der Waals surface area contributed by atoms with E-state index in [0.717, 1.165) is 33.9 Å². The van der Waals surface area contributed by atoms with Crippen molar-refractivity contribution in [2.24, 2.45) is 0 Å². The van der Waals surface area contributed by atoms with E-state index in [4.69, 9.17) is 9.47 Å². The van der Waals surface area contributed by atoms with Crippen LogP contribution in [0.2, 0.25) is 0 Å². The molecule has 0 spiro atoms. The maximum absolute atomic E-state index is 5.40. The molecule has 1 aliphatic heterocycles. The van der Waals surface area contributed by atoms with Crippen LogP contribution in [0.3, 0.4) is 0 Å². The molecule has 2 heterocycles. The Hall–Kier alpha value is -2.82. The van der Waals surface area contributed by atoms with Crippen molar-refractivity contribution in [2.75, 3.05) is 6.79 Å². The van der Waals surface area contributed by atoms with Gasteiger partial charge in [0.15, 0.2) is 11.5 Å². The third kappa shape index (κ3) is 1.80. The summed E-state index contributed by atoms with van der Waals surface area (Å²) in [5.41, 5.74) is 4.09. The third-order valence-corrected chi connectivity index (χ3v) is 3.30. The smallest absolute Gasteiger partial charge is 0.231 e. The summed E-state index contributed by atoms with van der Waals surface area (Å²) in [5, 5.41) is 10.5. The van der Waals surface area contributed by atoms with Crippen LogP contribution in [0.5, 0.6) is 11.5 Å². The van der Waals surface area contributed by atoms with Gasteiger partial charge in [0.2, 0.25) is 6.79 Å². The molecule has 1 aliphatic rings. The summed E-state index contributed by atoms with van der Waals surface area (Å²) in [6, 6.07) is 14.1. The lowest BCUT2D eigenvalue weighted by molar-refractivity contribution is 0.174. The normalized spacial score (nSPS) is 12.6. The molecule has 2 aromatic carbocycles. The predicted octanol–water partition coefficient (Wildman–Crippen LogP) is 2.87. The van der Waals surface area contributed by atoms with Crippen molar-refractivity contribution in [3.63, 3.8) is 0 Å². The third-order valence-electron chi connectivity index (χ3n) is 3.30. The first-order valence-electron chi connectivity index (χ1n) is 6.26. The summed E-state index contributed by atoms with van der Waals surface area (Å²) in [4.78, 5) is 0. The van der Waals surface area contributed by atoms with E-state index in [0.29, 0.717) is 6.79 Å². The molecule has 0 unspecified atom stereocenters. The molecule has 0 aliphatic carbocycles. The highest BCUT2D eigenvalue weighted by molar-refractivity contribution is 5.70. The zero-order valence-corrected chi connectivity index (χ0v) is 10.5. The second kappa shape index (κ2) is 4.38. The monoisotopic (exact) mass is 265 g/mol. The lowest BCUT2D eigenvalue weighted by Crippen LogP contribution is -1.92. The van der Waals surface area contributed by atoms with Crippen molar-refractivity contribution in [1.29, 1.82) is 0 Å². The van der Waals surface area contributed by atoms with Gasteiger partial charge in [-0.05, 0) is 23.3 Å². The number of hydrogen-bond acceptors (Lipinski definition) is 4. The number of aromatic amines is 1. The van der Waals surface area contributed by atoms with E-state index < -0.39 is 0 Å². The molecule has 0 saturated heterocycles. The fourth-order valence-corrected chi connectivity index (χ4v) is 2.25. The van der Waals surface area contributed by atoms with E-state index in [1.165, 1.54) is 0 Å². The number of H-pyrrole nitrogens is 1. The molecule has 98 valence electrons. The summed E-state index contributed by atoms with van der Waals surface area (Å²) in [7, 11) is 0. The zero-order valence-electron chi connectivity index (χ0n) is 10.5. The first kappa shape index (κ1) is 11.0. The molecule has 20 heavy (non-hydrogen) atoms. The van der Waals surface area contributed by atoms with Gasteiger partial charge in [-0.25, -0.2) is 0 Å². The van der Waals surface area contributed by atoms with Crippen molar-refractivity contribution in [1.82, 2.24) is 15.4 Å². The van der Waals surface area contributed by atoms with Gasteiger partial charge in [0, 0.05) is 5.56 Å². The van der Waals surface area contributed by atoms with Crippen LogP contribution in [0, 0.1) is 0 Å². The van der Waals surface area contributed by atoms with Gasteiger partial charge >= 0.3 is 0 Å². The standard InChI is InChI=1S/C15H11N3O2/c1-3-11(13-8-16-18-17-13)4-2-10(1)12-5-6-14-15(7-12)20-9-19-14/h1-8H,9H2,(H,16,17,18). The molecule has 5 heteroatoms. The number of rotatable bonds is 2. The lowest BCUT2D eigenvalue weighted by Gasteiger charge is -2.04. The Kier molecular flexibility index (Phi) is 2.42. The van der Waals surface area contributed by atoms with Crippen molar-refractivity contribution in [3.05, 3.63) is 48.7 Å². The van der Waals surface area contributed by atoms with Gasteiger partial charge in [0.1, 0.15) is 5.69 Å². The highest BCUT2D eigenvalue weighted by atomic mass is 16.7. The van der Waals surface area contributed by atoms with E-state index >= 15 is 0 Å². The van der Waals surface area contributed by atoms with Gasteiger partial charge in [-0.1, -0.05) is 30.3 Å². The maximum Gasteiger partial charge on any atom is 0.231 e. The van der Waals surface area contributed by atoms with E-state index in [1.807, 2.05) is 30.3 Å². The van der Waals surface area contributed by atoms with Crippen LogP contribution in [0.25, 0.3) is 22.4 Å². The Morgan fingerprint density at radius 1 is 0.850 bits per heavy atom. The average Bonchev–Trinajstić information content (AvgIpc) is 3.18. The highest BCUT2D eigenvalue weighted by Crippen LogP contribution is 2.36. The number of ether oxygens (including phenoxy) is 2. The van der Waals surface area contributed by atoms with Gasteiger partial charge in [0.25, 0.3) is 0 Å². The van der Waals surface area contributed by atoms with Crippen LogP contribution < -0.4 is 9.47 Å². The van der Waals surface area contributed by atoms with Crippen molar-refractivity contribution in [3.8, 4) is 33.9 Å². The molecule has 0 amide bonds. The molecular formula is C15H11N3O2. The Labute approximate surface area is 115 Å². The van der Waals surface area contributed by atoms with Crippen molar-refractivity contribution >= 4 is 0 Å². The van der Waals surface area contributed by atoms with Crippen molar-refractivity contribution < 1.29 is 9.47 Å². The minimum absolute atomic E-state index is 0.296. The van der Waals surface area contributed by atoms with E-state index in [-0.39, 0.29) is 0 Å². The number of benzene rings is 2. The number of aromatic nitrogens is 3. The molecule has 1 aromatic heterocycles. The fraction of sp³-hybridized carbons (Fsp3) is 0.0667. The minimum Gasteiger partial charge on any atom is -0.454 e. The molecule has 5 nitrogen and oxygen atoms in total. The summed E-state index contributed by atoms with van der Waals surface area (Å²) in [6.45, 7) is 0.296. The first-order chi connectivity index (χ1) is 9.90. The SMILES string of the molecule is c1cc(-c2cn[nH]n2)ccc1-c1ccc2c(c1)OCO2. The van der Waals surface area contributed by atoms with Crippen LogP contribution >= 0.6 is 0 Å². The van der Waals surface area contributed by atoms with Crippen molar-refractivity contribution in [2.45, 2.75) is 0 Å². The molecular weight excluding hydrogens is 254 g/mol. The van der Waals surface area contributed by atoms with Crippen LogP contribution in [-0.2, 0) is 0 Å². The molecule has 1 N–H and O–H groups in total. The maximum atomic E-state index is 5.40. The molecule has 0 atom stereocenters. The fourth-order valence-electron chi connectivity index (χ4n) is 2.25. The van der Waals surface area contributed by atoms with Gasteiger partial charge < -0.3 is 9.47 Å². The highest BCUT2D eigenvalue weighted by Gasteiger charge is 2.13. The molecule has 0 bridgehead atoms. The molecule has 4 rings (SSSR count). The summed E-state index contributed by atoms with van der Waals surface area (Å²) < 4.78 is 10.7. The van der Waals surface area contributed by atoms with Crippen LogP contribution in [0.15, 0.2) is 48.7 Å². The first-order valence-corrected chi connectivity index (χ1v) is 6.26. The predicted molar refractivity (Wildman–Crippen MR) is 73.4 cm³/mol. The van der Waals surface area contributed by atoms with Gasteiger partial charge in [-0.2, -0.15) is 15.4 Å². The van der Waals surface area contributed by atoms with Gasteiger partial charge in [0.05, 0.1) is 6.20 Å². The minimum atomic E-state index is 0.296. The largest absolute Gasteiger partial charge is 0.454 e. The Morgan fingerprint density at radius 2 is 1.60 bits per heavy atom. The summed E-state index contributed by atoms with van der Waals surface area (Å²) in [5.74, 6) is 1.59. The molecule has 0 saturated carbocycles. The number of fused-ring (bicyclic) bond motifs is 1. The van der Waals surface area contributed by atoms with Crippen LogP contribution in [0.1, 0.15) is 0 Å². The quantitative estimate of drug-likeness (QED) is 0.774. The second-order valence-electron chi connectivity index (χ2n) is 4.50. The summed E-state index contributed by atoms with van der Waals surface area (Å²) >= 11 is 0. The average molecular weight is 265 g/mol. The number of hydrogen-bond donors (Lipinski definition) is 1. The van der Waals surface area contributed by atoms with Crippen LogP contribution in [-0.4, -0.2) is 22.2 Å². The lowest BCUT2D eigenvalue weighted by atomic mass is 10.0. The van der Waals surface area contributed by atoms with Crippen LogP contribution in [0.4, 0.5) is 0 Å². The molecule has 0 radical (unpaired) electrons. The number of nitrogens with one attached hydrogen (secondary N) is 1. The summed E-state index contributed by atoms with van der Waals surface area (Å²) in [6.07, 6.45) is 1.70. The Morgan fingerprint density at radius 3 is 2.40 bits per heavy atom. The Balaban J connectivity index is 1.69. The van der Waals surface area contributed by atoms with E-state index in [9.17, 15) is 0 Å². The molecule has 0 fully saturated rings. The topological polar surface area (TPSA) is 60.0 Å².